The molecule has 0 aromatic carbocycles. The molecule has 1 unspecified atom stereocenters. The first-order valence-electron chi connectivity index (χ1n) is 5.50. The Morgan fingerprint density at radius 3 is 2.47 bits per heavy atom. The zero-order chi connectivity index (χ0) is 11.6. The predicted molar refractivity (Wildman–Crippen MR) is 59.6 cm³/mol. The molecule has 0 heterocycles. The van der Waals surface area contributed by atoms with Gasteiger partial charge < -0.3 is 9.47 Å². The van der Waals surface area contributed by atoms with E-state index in [1.807, 2.05) is 13.8 Å². The highest BCUT2D eigenvalue weighted by Crippen LogP contribution is 2.02. The highest BCUT2D eigenvalue weighted by atomic mass is 16.5. The van der Waals surface area contributed by atoms with Gasteiger partial charge in [-0.1, -0.05) is 6.92 Å². The fraction of sp³-hybridized carbons (Fsp3) is 0.909. The molecule has 0 aliphatic heterocycles. The maximum atomic E-state index is 8.99. The van der Waals surface area contributed by atoms with Crippen LogP contribution in [-0.2, 0) is 9.47 Å². The molecule has 0 aliphatic carbocycles. The molecule has 0 rings (SSSR count). The van der Waals surface area contributed by atoms with E-state index < -0.39 is 5.54 Å². The standard InChI is InChI=1S/C11H22N2O2/c1-4-6-13-11(3,9-12)10-15-8-7-14-5-2/h13H,4-8,10H2,1-3H3. The van der Waals surface area contributed by atoms with E-state index in [0.717, 1.165) is 13.0 Å². The van der Waals surface area contributed by atoms with Gasteiger partial charge in [0.2, 0.25) is 0 Å². The summed E-state index contributed by atoms with van der Waals surface area (Å²) in [5.74, 6) is 0. The van der Waals surface area contributed by atoms with E-state index in [0.29, 0.717) is 26.4 Å². The average molecular weight is 214 g/mol. The number of nitriles is 1. The number of rotatable bonds is 9. The number of nitrogens with zero attached hydrogens (tertiary/aromatic N) is 1. The number of nitrogens with one attached hydrogen (secondary N) is 1. The van der Waals surface area contributed by atoms with Gasteiger partial charge in [-0.05, 0) is 26.8 Å². The number of ether oxygens (including phenoxy) is 2. The maximum Gasteiger partial charge on any atom is 0.127 e. The number of hydrogen-bond donors (Lipinski definition) is 1. The van der Waals surface area contributed by atoms with Gasteiger partial charge in [0, 0.05) is 6.61 Å². The van der Waals surface area contributed by atoms with Crippen LogP contribution in [0.2, 0.25) is 0 Å². The third kappa shape index (κ3) is 7.32. The molecule has 0 aromatic rings. The van der Waals surface area contributed by atoms with Crippen LogP contribution in [0.4, 0.5) is 0 Å². The van der Waals surface area contributed by atoms with Gasteiger partial charge in [0.15, 0.2) is 0 Å². The molecule has 0 amide bonds. The molecule has 0 aromatic heterocycles. The molecular weight excluding hydrogens is 192 g/mol. The molecule has 0 aliphatic rings. The van der Waals surface area contributed by atoms with Crippen molar-refractivity contribution in [2.24, 2.45) is 0 Å². The van der Waals surface area contributed by atoms with Crippen molar-refractivity contribution >= 4 is 0 Å². The summed E-state index contributed by atoms with van der Waals surface area (Å²) in [5, 5.41) is 12.2. The Balaban J connectivity index is 3.64. The van der Waals surface area contributed by atoms with Crippen LogP contribution in [-0.4, -0.2) is 38.5 Å². The van der Waals surface area contributed by atoms with Gasteiger partial charge in [0.05, 0.1) is 25.9 Å². The van der Waals surface area contributed by atoms with E-state index in [2.05, 4.69) is 18.3 Å². The van der Waals surface area contributed by atoms with Crippen molar-refractivity contribution in [3.8, 4) is 6.07 Å². The lowest BCUT2D eigenvalue weighted by atomic mass is 10.1. The van der Waals surface area contributed by atoms with Crippen molar-refractivity contribution in [1.82, 2.24) is 5.32 Å². The number of hydrogen-bond acceptors (Lipinski definition) is 4. The lowest BCUT2D eigenvalue weighted by Gasteiger charge is -2.22. The molecule has 88 valence electrons. The Morgan fingerprint density at radius 1 is 1.27 bits per heavy atom. The smallest absolute Gasteiger partial charge is 0.127 e. The largest absolute Gasteiger partial charge is 0.379 e. The fourth-order valence-corrected chi connectivity index (χ4v) is 1.06. The minimum atomic E-state index is -0.581. The molecule has 4 heteroatoms. The van der Waals surface area contributed by atoms with Crippen LogP contribution in [0.3, 0.4) is 0 Å². The first kappa shape index (κ1) is 14.4. The summed E-state index contributed by atoms with van der Waals surface area (Å²) in [6.45, 7) is 8.93. The quantitative estimate of drug-likeness (QED) is 0.588. The Bertz CT molecular complexity index is 192. The Morgan fingerprint density at radius 2 is 1.93 bits per heavy atom. The van der Waals surface area contributed by atoms with Gasteiger partial charge in [-0.3, -0.25) is 5.32 Å². The van der Waals surface area contributed by atoms with Gasteiger partial charge >= 0.3 is 0 Å². The third-order valence-corrected chi connectivity index (χ3v) is 1.98. The zero-order valence-corrected chi connectivity index (χ0v) is 10.0. The van der Waals surface area contributed by atoms with Crippen LogP contribution >= 0.6 is 0 Å². The van der Waals surface area contributed by atoms with Crippen molar-refractivity contribution in [1.29, 1.82) is 5.26 Å². The second kappa shape index (κ2) is 8.66. The molecule has 0 fully saturated rings. The van der Waals surface area contributed by atoms with E-state index in [4.69, 9.17) is 14.7 Å². The summed E-state index contributed by atoms with van der Waals surface area (Å²) in [4.78, 5) is 0. The summed E-state index contributed by atoms with van der Waals surface area (Å²) in [6.07, 6.45) is 1.01. The molecule has 0 radical (unpaired) electrons. The van der Waals surface area contributed by atoms with E-state index >= 15 is 0 Å². The zero-order valence-electron chi connectivity index (χ0n) is 10.0. The van der Waals surface area contributed by atoms with Crippen molar-refractivity contribution in [3.63, 3.8) is 0 Å². The van der Waals surface area contributed by atoms with Crippen molar-refractivity contribution in [2.45, 2.75) is 32.7 Å². The maximum absolute atomic E-state index is 8.99. The van der Waals surface area contributed by atoms with Crippen molar-refractivity contribution in [2.75, 3.05) is 33.0 Å². The summed E-state index contributed by atoms with van der Waals surface area (Å²) < 4.78 is 10.5. The van der Waals surface area contributed by atoms with E-state index in [-0.39, 0.29) is 0 Å². The lowest BCUT2D eigenvalue weighted by molar-refractivity contribution is 0.0361. The SMILES string of the molecule is CCCNC(C)(C#N)COCCOCC. The summed E-state index contributed by atoms with van der Waals surface area (Å²) in [6, 6.07) is 2.23. The van der Waals surface area contributed by atoms with Gasteiger partial charge in [-0.2, -0.15) is 5.26 Å². The van der Waals surface area contributed by atoms with Crippen molar-refractivity contribution < 1.29 is 9.47 Å². The molecule has 0 saturated carbocycles. The van der Waals surface area contributed by atoms with Crippen LogP contribution in [0.15, 0.2) is 0 Å². The van der Waals surface area contributed by atoms with Gasteiger partial charge in [0.25, 0.3) is 0 Å². The topological polar surface area (TPSA) is 54.3 Å². The molecule has 0 spiro atoms. The minimum Gasteiger partial charge on any atom is -0.379 e. The fourth-order valence-electron chi connectivity index (χ4n) is 1.06. The highest BCUT2D eigenvalue weighted by Gasteiger charge is 2.22. The van der Waals surface area contributed by atoms with Crippen LogP contribution in [0.1, 0.15) is 27.2 Å². The summed E-state index contributed by atoms with van der Waals surface area (Å²) >= 11 is 0. The summed E-state index contributed by atoms with van der Waals surface area (Å²) in [7, 11) is 0. The van der Waals surface area contributed by atoms with Crippen LogP contribution in [0, 0.1) is 11.3 Å². The second-order valence-electron chi connectivity index (χ2n) is 3.62. The van der Waals surface area contributed by atoms with E-state index in [1.165, 1.54) is 0 Å². The van der Waals surface area contributed by atoms with Gasteiger partial charge in [-0.25, -0.2) is 0 Å². The minimum absolute atomic E-state index is 0.399. The molecule has 4 nitrogen and oxygen atoms in total. The first-order valence-corrected chi connectivity index (χ1v) is 5.50. The normalized spacial score (nSPS) is 14.5. The molecule has 1 N–H and O–H groups in total. The predicted octanol–water partition coefficient (Wildman–Crippen LogP) is 1.32. The molecular formula is C11H22N2O2. The molecule has 15 heavy (non-hydrogen) atoms. The molecule has 0 saturated heterocycles. The lowest BCUT2D eigenvalue weighted by Crippen LogP contribution is -2.45. The van der Waals surface area contributed by atoms with Gasteiger partial charge in [-0.15, -0.1) is 0 Å². The van der Waals surface area contributed by atoms with Crippen molar-refractivity contribution in [3.05, 3.63) is 0 Å². The Hall–Kier alpha value is -0.630. The third-order valence-electron chi connectivity index (χ3n) is 1.98. The average Bonchev–Trinajstić information content (AvgIpc) is 2.26. The van der Waals surface area contributed by atoms with Crippen LogP contribution in [0.25, 0.3) is 0 Å². The van der Waals surface area contributed by atoms with E-state index in [9.17, 15) is 0 Å². The molecule has 1 atom stereocenters. The van der Waals surface area contributed by atoms with Crippen LogP contribution < -0.4 is 5.32 Å². The molecule has 0 bridgehead atoms. The van der Waals surface area contributed by atoms with Gasteiger partial charge in [0.1, 0.15) is 5.54 Å². The highest BCUT2D eigenvalue weighted by molar-refractivity contribution is 5.03. The summed E-state index contributed by atoms with van der Waals surface area (Å²) in [5.41, 5.74) is -0.581. The van der Waals surface area contributed by atoms with Crippen LogP contribution in [0.5, 0.6) is 0 Å². The monoisotopic (exact) mass is 214 g/mol. The first-order chi connectivity index (χ1) is 7.18. The Labute approximate surface area is 92.6 Å². The van der Waals surface area contributed by atoms with E-state index in [1.54, 1.807) is 0 Å². The Kier molecular flexibility index (Phi) is 8.30. The second-order valence-corrected chi connectivity index (χ2v) is 3.62.